The molecule has 2 heterocycles. The Labute approximate surface area is 179 Å². The molecule has 0 radical (unpaired) electrons. The predicted molar refractivity (Wildman–Crippen MR) is 118 cm³/mol. The molecule has 2 saturated heterocycles. The van der Waals surface area contributed by atoms with Crippen LogP contribution in [0.5, 0.6) is 0 Å². The first-order chi connectivity index (χ1) is 13.4. The van der Waals surface area contributed by atoms with Crippen molar-refractivity contribution >= 4 is 21.4 Å². The van der Waals surface area contributed by atoms with Crippen molar-refractivity contribution in [2.24, 2.45) is 5.92 Å². The summed E-state index contributed by atoms with van der Waals surface area (Å²) in [5, 5.41) is 0. The van der Waals surface area contributed by atoms with Crippen molar-refractivity contribution in [2.45, 2.75) is 67.7 Å². The fourth-order valence-corrected chi connectivity index (χ4v) is 6.46. The van der Waals surface area contributed by atoms with Crippen LogP contribution >= 0.6 is 0 Å². The fourth-order valence-electron chi connectivity index (χ4n) is 4.63. The van der Waals surface area contributed by atoms with Crippen molar-refractivity contribution in [1.82, 2.24) is 13.9 Å². The number of rotatable bonds is 6. The van der Waals surface area contributed by atoms with Crippen LogP contribution in [0, 0.1) is 5.92 Å². The van der Waals surface area contributed by atoms with Crippen LogP contribution in [0.2, 0.25) is 0 Å². The second-order valence-electron chi connectivity index (χ2n) is 9.72. The molecule has 3 fully saturated rings. The van der Waals surface area contributed by atoms with Crippen molar-refractivity contribution in [3.05, 3.63) is 29.8 Å². The van der Waals surface area contributed by atoms with E-state index in [2.05, 4.69) is 16.7 Å². The van der Waals surface area contributed by atoms with Gasteiger partial charge in [-0.25, -0.2) is 12.7 Å². The lowest BCUT2D eigenvalue weighted by Gasteiger charge is -2.56. The van der Waals surface area contributed by atoms with Crippen molar-refractivity contribution in [3.63, 3.8) is 0 Å². The van der Waals surface area contributed by atoms with Crippen molar-refractivity contribution in [3.8, 4) is 0 Å². The molecule has 1 N–H and O–H groups in total. The monoisotopic (exact) mass is 441 g/mol. The average Bonchev–Trinajstić information content (AvgIpc) is 2.66. The van der Waals surface area contributed by atoms with Gasteiger partial charge in [0.05, 0.1) is 10.9 Å². The summed E-state index contributed by atoms with van der Waals surface area (Å²) in [7, 11) is 1.77. The predicted octanol–water partition coefficient (Wildman–Crippen LogP) is 2.90. The second-order valence-corrected chi connectivity index (χ2v) is 13.9. The summed E-state index contributed by atoms with van der Waals surface area (Å²) in [4.78, 5) is 2.72. The van der Waals surface area contributed by atoms with Crippen LogP contribution in [0.1, 0.15) is 58.1 Å². The Morgan fingerprint density at radius 3 is 2.21 bits per heavy atom. The molecule has 164 valence electrons. The smallest absolute Gasteiger partial charge is 0.242 e. The second kappa shape index (κ2) is 8.13. The van der Waals surface area contributed by atoms with Gasteiger partial charge >= 0.3 is 0 Å². The number of hydrogen-bond donors (Lipinski definition) is 1. The zero-order valence-electron chi connectivity index (χ0n) is 18.4. The van der Waals surface area contributed by atoms with Crippen LogP contribution in [-0.2, 0) is 21.4 Å². The SMILES string of the molecule is CN1CC2CCC1([C@H](N[S@+]([O-])C(C)(C)C)c1ccc(S(=O)(=O)N(C)C)cc1)CC2. The summed E-state index contributed by atoms with van der Waals surface area (Å²) < 4.78 is 42.3. The highest BCUT2D eigenvalue weighted by Crippen LogP contribution is 2.49. The van der Waals surface area contributed by atoms with Crippen LogP contribution < -0.4 is 4.72 Å². The average molecular weight is 442 g/mol. The van der Waals surface area contributed by atoms with Gasteiger partial charge in [-0.3, -0.25) is 4.90 Å². The highest BCUT2D eigenvalue weighted by molar-refractivity contribution is 7.90. The standard InChI is InChI=1S/C21H35N3O3S2/c1-20(2,3)28(25)22-19(21-13-11-16(12-14-21)15-24(21)6)17-7-9-18(10-8-17)29(26,27)23(4)5/h7-10,16,19,22H,11-15H2,1-6H3/t16?,19-,21?,28-/m1/s1. The highest BCUT2D eigenvalue weighted by atomic mass is 32.2. The normalized spacial score (nSPS) is 27.9. The zero-order valence-corrected chi connectivity index (χ0v) is 20.1. The van der Waals surface area contributed by atoms with E-state index in [-0.39, 0.29) is 21.2 Å². The first kappa shape index (κ1) is 23.0. The van der Waals surface area contributed by atoms with E-state index in [9.17, 15) is 13.0 Å². The number of likely N-dealkylation sites (N-methyl/N-ethyl adjacent to an activating group) is 1. The Morgan fingerprint density at radius 2 is 1.76 bits per heavy atom. The Morgan fingerprint density at radius 1 is 1.21 bits per heavy atom. The summed E-state index contributed by atoms with van der Waals surface area (Å²) in [6.45, 7) is 6.98. The lowest BCUT2D eigenvalue weighted by atomic mass is 9.66. The molecule has 0 aromatic heterocycles. The van der Waals surface area contributed by atoms with Gasteiger partial charge in [0.25, 0.3) is 0 Å². The Bertz CT molecular complexity index is 811. The van der Waals surface area contributed by atoms with Gasteiger partial charge in [0.1, 0.15) is 4.75 Å². The van der Waals surface area contributed by atoms with E-state index in [1.54, 1.807) is 12.1 Å². The van der Waals surface area contributed by atoms with E-state index in [1.165, 1.54) is 31.2 Å². The molecule has 29 heavy (non-hydrogen) atoms. The zero-order chi connectivity index (χ0) is 21.6. The van der Waals surface area contributed by atoms with Crippen molar-refractivity contribution < 1.29 is 13.0 Å². The van der Waals surface area contributed by atoms with Gasteiger partial charge in [0.15, 0.2) is 0 Å². The van der Waals surface area contributed by atoms with E-state index >= 15 is 0 Å². The third kappa shape index (κ3) is 4.38. The summed E-state index contributed by atoms with van der Waals surface area (Å²) in [6, 6.07) is 6.99. The molecule has 0 unspecified atom stereocenters. The first-order valence-corrected chi connectivity index (χ1v) is 12.9. The topological polar surface area (TPSA) is 75.7 Å². The van der Waals surface area contributed by atoms with Crippen LogP contribution in [0.3, 0.4) is 0 Å². The molecule has 1 aromatic rings. The maximum atomic E-state index is 13.1. The number of fused-ring (bicyclic) bond motifs is 3. The van der Waals surface area contributed by atoms with Crippen LogP contribution in [0.15, 0.2) is 29.2 Å². The molecule has 3 aliphatic rings. The molecule has 1 saturated carbocycles. The van der Waals surface area contributed by atoms with Gasteiger partial charge < -0.3 is 4.55 Å². The van der Waals surface area contributed by atoms with E-state index in [0.29, 0.717) is 0 Å². The number of sulfonamides is 1. The number of nitrogens with one attached hydrogen (secondary N) is 1. The molecule has 1 aromatic carbocycles. The van der Waals surface area contributed by atoms with E-state index in [0.717, 1.165) is 30.9 Å². The number of hydrogen-bond acceptors (Lipinski definition) is 5. The molecule has 2 atom stereocenters. The maximum Gasteiger partial charge on any atom is 0.242 e. The van der Waals surface area contributed by atoms with Gasteiger partial charge in [-0.15, -0.1) is 4.72 Å². The molecule has 0 spiro atoms. The third-order valence-electron chi connectivity index (χ3n) is 6.57. The summed E-state index contributed by atoms with van der Waals surface area (Å²) in [6.07, 6.45) is 4.51. The van der Waals surface area contributed by atoms with Gasteiger partial charge in [-0.1, -0.05) is 12.1 Å². The van der Waals surface area contributed by atoms with Crippen LogP contribution in [0.4, 0.5) is 0 Å². The quantitative estimate of drug-likeness (QED) is 0.687. The summed E-state index contributed by atoms with van der Waals surface area (Å²) in [5.74, 6) is 0.753. The van der Waals surface area contributed by atoms with Gasteiger partial charge in [0, 0.05) is 37.5 Å². The maximum absolute atomic E-state index is 13.1. The van der Waals surface area contributed by atoms with E-state index in [1.807, 2.05) is 32.9 Å². The Kier molecular flexibility index (Phi) is 6.46. The first-order valence-electron chi connectivity index (χ1n) is 10.3. The lowest BCUT2D eigenvalue weighted by Crippen LogP contribution is -2.63. The van der Waals surface area contributed by atoms with Crippen molar-refractivity contribution in [2.75, 3.05) is 27.7 Å². The van der Waals surface area contributed by atoms with Crippen molar-refractivity contribution in [1.29, 1.82) is 0 Å². The van der Waals surface area contributed by atoms with Crippen LogP contribution in [-0.4, -0.2) is 60.1 Å². The molecular weight excluding hydrogens is 406 g/mol. The van der Waals surface area contributed by atoms with Gasteiger partial charge in [-0.05, 0) is 77.1 Å². The molecule has 2 aliphatic heterocycles. The van der Waals surface area contributed by atoms with Gasteiger partial charge in [0.2, 0.25) is 10.0 Å². The molecule has 6 nitrogen and oxygen atoms in total. The summed E-state index contributed by atoms with van der Waals surface area (Å²) in [5.41, 5.74) is 0.893. The largest absolute Gasteiger partial charge is 0.598 e. The number of piperidine rings is 2. The third-order valence-corrected chi connectivity index (χ3v) is 9.97. The molecule has 2 bridgehead atoms. The molecule has 1 aliphatic carbocycles. The van der Waals surface area contributed by atoms with E-state index < -0.39 is 21.4 Å². The minimum Gasteiger partial charge on any atom is -0.598 e. The summed E-state index contributed by atoms with van der Waals surface area (Å²) >= 11 is -1.23. The minimum absolute atomic E-state index is 0.0996. The van der Waals surface area contributed by atoms with Crippen LogP contribution in [0.25, 0.3) is 0 Å². The lowest BCUT2D eigenvalue weighted by molar-refractivity contribution is -0.0372. The molecule has 8 heteroatoms. The minimum atomic E-state index is -3.47. The molecule has 4 rings (SSSR count). The molecule has 0 amide bonds. The fraction of sp³-hybridized carbons (Fsp3) is 0.714. The number of benzene rings is 1. The van der Waals surface area contributed by atoms with Gasteiger partial charge in [-0.2, -0.15) is 0 Å². The molecular formula is C21H35N3O3S2. The number of nitrogens with zero attached hydrogens (tertiary/aromatic N) is 2. The Hall–Kier alpha value is -0.640. The van der Waals surface area contributed by atoms with E-state index in [4.69, 9.17) is 0 Å². The Balaban J connectivity index is 1.99. The highest BCUT2D eigenvalue weighted by Gasteiger charge is 2.52.